The number of hydrogen-bond donors (Lipinski definition) is 1. The molecule has 0 aromatic heterocycles. The molecule has 0 amide bonds. The summed E-state index contributed by atoms with van der Waals surface area (Å²) in [6.07, 6.45) is 0. The molecule has 0 aliphatic carbocycles. The van der Waals surface area contributed by atoms with Gasteiger partial charge in [-0.15, -0.1) is 0 Å². The molecule has 1 N–H and O–H groups in total. The van der Waals surface area contributed by atoms with Crippen LogP contribution in [0, 0.1) is 5.82 Å². The Labute approximate surface area is 117 Å². The maximum absolute atomic E-state index is 12.9. The molecule has 6 heteroatoms. The lowest BCUT2D eigenvalue weighted by atomic mass is 10.3. The number of anilines is 1. The standard InChI is InChI=1S/C13H19ClFNO3/c1-17-6-7-19-9-8-18-5-4-16-11-2-3-13(15)12(14)10-11/h2-3,10,16H,4-9H2,1H3. The summed E-state index contributed by atoms with van der Waals surface area (Å²) in [4.78, 5) is 0. The predicted octanol–water partition coefficient (Wildman–Crippen LogP) is 2.57. The summed E-state index contributed by atoms with van der Waals surface area (Å²) in [6.45, 7) is 3.42. The first-order chi connectivity index (χ1) is 9.24. The van der Waals surface area contributed by atoms with E-state index in [0.717, 1.165) is 5.69 Å². The smallest absolute Gasteiger partial charge is 0.141 e. The molecule has 0 spiro atoms. The summed E-state index contributed by atoms with van der Waals surface area (Å²) in [5, 5.41) is 3.20. The first kappa shape index (κ1) is 16.2. The van der Waals surface area contributed by atoms with E-state index in [0.29, 0.717) is 39.6 Å². The van der Waals surface area contributed by atoms with Crippen molar-refractivity contribution < 1.29 is 18.6 Å². The maximum atomic E-state index is 12.9. The Morgan fingerprint density at radius 2 is 1.79 bits per heavy atom. The van der Waals surface area contributed by atoms with Crippen molar-refractivity contribution in [2.75, 3.05) is 52.0 Å². The number of hydrogen-bond acceptors (Lipinski definition) is 4. The average molecular weight is 292 g/mol. The summed E-state index contributed by atoms with van der Waals surface area (Å²) in [7, 11) is 1.63. The molecule has 0 aliphatic rings. The summed E-state index contributed by atoms with van der Waals surface area (Å²) < 4.78 is 28.3. The second-order valence-electron chi connectivity index (χ2n) is 3.77. The lowest BCUT2D eigenvalue weighted by molar-refractivity contribution is 0.0272. The molecule has 4 nitrogen and oxygen atoms in total. The van der Waals surface area contributed by atoms with Gasteiger partial charge in [0.1, 0.15) is 5.82 Å². The highest BCUT2D eigenvalue weighted by atomic mass is 35.5. The topological polar surface area (TPSA) is 39.7 Å². The molecule has 19 heavy (non-hydrogen) atoms. The third kappa shape index (κ3) is 7.32. The van der Waals surface area contributed by atoms with E-state index in [1.807, 2.05) is 0 Å². The monoisotopic (exact) mass is 291 g/mol. The van der Waals surface area contributed by atoms with Crippen molar-refractivity contribution in [2.24, 2.45) is 0 Å². The third-order valence-electron chi connectivity index (χ3n) is 2.30. The van der Waals surface area contributed by atoms with Crippen molar-refractivity contribution in [3.63, 3.8) is 0 Å². The van der Waals surface area contributed by atoms with Crippen molar-refractivity contribution in [1.82, 2.24) is 0 Å². The number of methoxy groups -OCH3 is 1. The molecule has 0 unspecified atom stereocenters. The van der Waals surface area contributed by atoms with E-state index in [1.165, 1.54) is 6.07 Å². The number of rotatable bonds is 10. The Kier molecular flexibility index (Phi) is 8.49. The van der Waals surface area contributed by atoms with Gasteiger partial charge in [-0.1, -0.05) is 11.6 Å². The molecule has 1 rings (SSSR count). The molecule has 0 saturated carbocycles. The van der Waals surface area contributed by atoms with E-state index in [4.69, 9.17) is 25.8 Å². The maximum Gasteiger partial charge on any atom is 0.141 e. The Morgan fingerprint density at radius 3 is 2.47 bits per heavy atom. The minimum absolute atomic E-state index is 0.109. The highest BCUT2D eigenvalue weighted by Crippen LogP contribution is 2.18. The van der Waals surface area contributed by atoms with Gasteiger partial charge in [0, 0.05) is 19.3 Å². The molecule has 0 heterocycles. The quantitative estimate of drug-likeness (QED) is 0.673. The van der Waals surface area contributed by atoms with Crippen LogP contribution < -0.4 is 5.32 Å². The van der Waals surface area contributed by atoms with Gasteiger partial charge in [0.25, 0.3) is 0 Å². The van der Waals surface area contributed by atoms with Crippen LogP contribution in [0.3, 0.4) is 0 Å². The van der Waals surface area contributed by atoms with Gasteiger partial charge >= 0.3 is 0 Å². The van der Waals surface area contributed by atoms with Crippen molar-refractivity contribution in [3.05, 3.63) is 29.0 Å². The molecule has 0 saturated heterocycles. The lowest BCUT2D eigenvalue weighted by Crippen LogP contribution is -2.13. The van der Waals surface area contributed by atoms with E-state index in [-0.39, 0.29) is 5.02 Å². The zero-order valence-corrected chi connectivity index (χ0v) is 11.7. The van der Waals surface area contributed by atoms with Gasteiger partial charge in [-0.05, 0) is 18.2 Å². The van der Waals surface area contributed by atoms with E-state index in [9.17, 15) is 4.39 Å². The molecular weight excluding hydrogens is 273 g/mol. The number of nitrogens with one attached hydrogen (secondary N) is 1. The van der Waals surface area contributed by atoms with Gasteiger partial charge in [-0.2, -0.15) is 0 Å². The molecule has 1 aromatic carbocycles. The van der Waals surface area contributed by atoms with Gasteiger partial charge in [0.15, 0.2) is 0 Å². The van der Waals surface area contributed by atoms with Gasteiger partial charge in [0.2, 0.25) is 0 Å². The summed E-state index contributed by atoms with van der Waals surface area (Å²) >= 11 is 5.66. The molecule has 0 aliphatic heterocycles. The largest absolute Gasteiger partial charge is 0.383 e. The highest BCUT2D eigenvalue weighted by Gasteiger charge is 1.99. The first-order valence-electron chi connectivity index (χ1n) is 6.07. The van der Waals surface area contributed by atoms with E-state index in [2.05, 4.69) is 5.32 Å². The van der Waals surface area contributed by atoms with E-state index < -0.39 is 5.82 Å². The Bertz CT molecular complexity index is 366. The van der Waals surface area contributed by atoms with Crippen LogP contribution in [-0.2, 0) is 14.2 Å². The number of benzene rings is 1. The van der Waals surface area contributed by atoms with Gasteiger partial charge in [-0.3, -0.25) is 0 Å². The Morgan fingerprint density at radius 1 is 1.11 bits per heavy atom. The van der Waals surface area contributed by atoms with Gasteiger partial charge in [0.05, 0.1) is 38.1 Å². The van der Waals surface area contributed by atoms with E-state index in [1.54, 1.807) is 19.2 Å². The van der Waals surface area contributed by atoms with Crippen LogP contribution in [0.15, 0.2) is 18.2 Å². The average Bonchev–Trinajstić information content (AvgIpc) is 2.41. The van der Waals surface area contributed by atoms with E-state index >= 15 is 0 Å². The summed E-state index contributed by atoms with van der Waals surface area (Å²) in [6, 6.07) is 4.51. The van der Waals surface area contributed by atoms with Crippen LogP contribution in [0.1, 0.15) is 0 Å². The summed E-state index contributed by atoms with van der Waals surface area (Å²) in [5.74, 6) is -0.420. The lowest BCUT2D eigenvalue weighted by Gasteiger charge is -2.08. The SMILES string of the molecule is COCCOCCOCCNc1ccc(F)c(Cl)c1. The minimum atomic E-state index is -0.420. The van der Waals surface area contributed by atoms with Crippen molar-refractivity contribution in [2.45, 2.75) is 0 Å². The fourth-order valence-electron chi connectivity index (χ4n) is 1.34. The summed E-state index contributed by atoms with van der Waals surface area (Å²) in [5.41, 5.74) is 0.770. The van der Waals surface area contributed by atoms with Crippen LogP contribution in [0.5, 0.6) is 0 Å². The molecule has 108 valence electrons. The molecule has 0 atom stereocenters. The molecule has 0 fully saturated rings. The molecule has 1 aromatic rings. The van der Waals surface area contributed by atoms with Crippen LogP contribution in [0.2, 0.25) is 5.02 Å². The van der Waals surface area contributed by atoms with Crippen molar-refractivity contribution >= 4 is 17.3 Å². The molecule has 0 bridgehead atoms. The van der Waals surface area contributed by atoms with Crippen molar-refractivity contribution in [1.29, 1.82) is 0 Å². The second kappa shape index (κ2) is 9.97. The van der Waals surface area contributed by atoms with Gasteiger partial charge < -0.3 is 19.5 Å². The molecular formula is C13H19ClFNO3. The molecule has 0 radical (unpaired) electrons. The number of halogens is 2. The number of ether oxygens (including phenoxy) is 3. The first-order valence-corrected chi connectivity index (χ1v) is 6.45. The second-order valence-corrected chi connectivity index (χ2v) is 4.18. The van der Waals surface area contributed by atoms with Crippen LogP contribution in [0.25, 0.3) is 0 Å². The van der Waals surface area contributed by atoms with Crippen molar-refractivity contribution in [3.8, 4) is 0 Å². The highest BCUT2D eigenvalue weighted by molar-refractivity contribution is 6.31. The van der Waals surface area contributed by atoms with Crippen LogP contribution in [-0.4, -0.2) is 46.7 Å². The Balaban J connectivity index is 2.00. The predicted molar refractivity (Wildman–Crippen MR) is 73.4 cm³/mol. The fraction of sp³-hybridized carbons (Fsp3) is 0.538. The zero-order valence-electron chi connectivity index (χ0n) is 11.0. The Hall–Kier alpha value is -0.880. The van der Waals surface area contributed by atoms with Crippen LogP contribution in [0.4, 0.5) is 10.1 Å². The fourth-order valence-corrected chi connectivity index (χ4v) is 1.52. The van der Waals surface area contributed by atoms with Crippen LogP contribution >= 0.6 is 11.6 Å². The minimum Gasteiger partial charge on any atom is -0.383 e. The normalized spacial score (nSPS) is 10.7. The zero-order chi connectivity index (χ0) is 13.9. The van der Waals surface area contributed by atoms with Gasteiger partial charge in [-0.25, -0.2) is 4.39 Å². The third-order valence-corrected chi connectivity index (χ3v) is 2.59.